The predicted octanol–water partition coefficient (Wildman–Crippen LogP) is 1.24. The summed E-state index contributed by atoms with van der Waals surface area (Å²) < 4.78 is -0.162. The first-order valence-electron chi connectivity index (χ1n) is 4.13. The van der Waals surface area contributed by atoms with Gasteiger partial charge < -0.3 is 5.32 Å². The molecule has 1 aromatic heterocycles. The van der Waals surface area contributed by atoms with Crippen LogP contribution in [0.25, 0.3) is 0 Å². The molecule has 2 N–H and O–H groups in total. The van der Waals surface area contributed by atoms with Crippen LogP contribution < -0.4 is 5.32 Å². The SMILES string of the molecule is CSC1(C(=O)Nc2ccn[nH]2)CC1. The fraction of sp³-hybridized carbons (Fsp3) is 0.500. The van der Waals surface area contributed by atoms with Crippen LogP contribution in [0.2, 0.25) is 0 Å². The van der Waals surface area contributed by atoms with Crippen LogP contribution in [0.15, 0.2) is 12.3 Å². The lowest BCUT2D eigenvalue weighted by Gasteiger charge is -2.10. The number of anilines is 1. The smallest absolute Gasteiger partial charge is 0.241 e. The van der Waals surface area contributed by atoms with Crippen LogP contribution in [0.5, 0.6) is 0 Å². The van der Waals surface area contributed by atoms with E-state index in [1.54, 1.807) is 24.0 Å². The second-order valence-corrected chi connectivity index (χ2v) is 4.31. The molecule has 1 amide bonds. The second kappa shape index (κ2) is 3.06. The third-order valence-corrected chi connectivity index (χ3v) is 3.63. The van der Waals surface area contributed by atoms with Gasteiger partial charge in [0.1, 0.15) is 5.82 Å². The van der Waals surface area contributed by atoms with Crippen molar-refractivity contribution in [2.24, 2.45) is 0 Å². The third-order valence-electron chi connectivity index (χ3n) is 2.26. The summed E-state index contributed by atoms with van der Waals surface area (Å²) in [7, 11) is 0. The molecule has 13 heavy (non-hydrogen) atoms. The van der Waals surface area contributed by atoms with Gasteiger partial charge in [-0.1, -0.05) is 0 Å². The van der Waals surface area contributed by atoms with Crippen molar-refractivity contribution < 1.29 is 4.79 Å². The van der Waals surface area contributed by atoms with Crippen molar-refractivity contribution in [2.45, 2.75) is 17.6 Å². The molecule has 2 rings (SSSR count). The van der Waals surface area contributed by atoms with Gasteiger partial charge in [-0.05, 0) is 19.1 Å². The van der Waals surface area contributed by atoms with E-state index in [1.807, 2.05) is 6.26 Å². The van der Waals surface area contributed by atoms with Gasteiger partial charge in [0.15, 0.2) is 0 Å². The standard InChI is InChI=1S/C8H11N3OS/c1-13-8(3-4-8)7(12)10-6-2-5-9-11-6/h2,5H,3-4H2,1H3,(H2,9,10,11,12). The number of carbonyl (C=O) groups is 1. The minimum atomic E-state index is -0.162. The molecule has 0 radical (unpaired) electrons. The lowest BCUT2D eigenvalue weighted by Crippen LogP contribution is -2.26. The van der Waals surface area contributed by atoms with Crippen molar-refractivity contribution in [3.05, 3.63) is 12.3 Å². The van der Waals surface area contributed by atoms with Crippen LogP contribution in [0.1, 0.15) is 12.8 Å². The Morgan fingerprint density at radius 3 is 3.00 bits per heavy atom. The van der Waals surface area contributed by atoms with Crippen LogP contribution in [0.3, 0.4) is 0 Å². The first-order valence-corrected chi connectivity index (χ1v) is 5.35. The molecule has 0 aromatic carbocycles. The van der Waals surface area contributed by atoms with E-state index in [4.69, 9.17) is 0 Å². The number of hydrogen-bond acceptors (Lipinski definition) is 3. The maximum absolute atomic E-state index is 11.6. The summed E-state index contributed by atoms with van der Waals surface area (Å²) in [5.41, 5.74) is 0. The summed E-state index contributed by atoms with van der Waals surface area (Å²) >= 11 is 1.62. The van der Waals surface area contributed by atoms with Gasteiger partial charge in [-0.3, -0.25) is 9.89 Å². The highest BCUT2D eigenvalue weighted by atomic mass is 32.2. The number of H-pyrrole nitrogens is 1. The molecule has 1 aromatic rings. The second-order valence-electron chi connectivity index (χ2n) is 3.12. The van der Waals surface area contributed by atoms with E-state index in [0.717, 1.165) is 12.8 Å². The van der Waals surface area contributed by atoms with Gasteiger partial charge >= 0.3 is 0 Å². The maximum Gasteiger partial charge on any atom is 0.241 e. The molecule has 0 spiro atoms. The first kappa shape index (κ1) is 8.62. The highest BCUT2D eigenvalue weighted by molar-refractivity contribution is 8.01. The summed E-state index contributed by atoms with van der Waals surface area (Å²) in [6, 6.07) is 1.74. The molecule has 5 heteroatoms. The Balaban J connectivity index is 2.00. The monoisotopic (exact) mass is 197 g/mol. The van der Waals surface area contributed by atoms with Crippen LogP contribution in [0, 0.1) is 0 Å². The summed E-state index contributed by atoms with van der Waals surface area (Å²) in [5.74, 6) is 0.759. The van der Waals surface area contributed by atoms with Gasteiger partial charge in [0.2, 0.25) is 5.91 Å². The number of aromatic nitrogens is 2. The van der Waals surface area contributed by atoms with Gasteiger partial charge in [-0.25, -0.2) is 0 Å². The topological polar surface area (TPSA) is 57.8 Å². The average Bonchev–Trinajstić information content (AvgIpc) is 2.79. The molecule has 0 unspecified atom stereocenters. The van der Waals surface area contributed by atoms with Crippen LogP contribution in [-0.4, -0.2) is 27.1 Å². The van der Waals surface area contributed by atoms with Crippen molar-refractivity contribution in [1.82, 2.24) is 10.2 Å². The van der Waals surface area contributed by atoms with Gasteiger partial charge in [-0.15, -0.1) is 11.8 Å². The fourth-order valence-electron chi connectivity index (χ4n) is 1.20. The highest BCUT2D eigenvalue weighted by Crippen LogP contribution is 2.47. The number of amides is 1. The number of nitrogens with one attached hydrogen (secondary N) is 2. The fourth-order valence-corrected chi connectivity index (χ4v) is 1.95. The molecule has 1 saturated carbocycles. The van der Waals surface area contributed by atoms with Crippen molar-refractivity contribution >= 4 is 23.5 Å². The Hall–Kier alpha value is -0.970. The molecule has 0 aliphatic heterocycles. The Morgan fingerprint density at radius 2 is 2.54 bits per heavy atom. The molecule has 1 heterocycles. The van der Waals surface area contributed by atoms with Gasteiger partial charge in [0.25, 0.3) is 0 Å². The zero-order chi connectivity index (χ0) is 9.31. The molecule has 70 valence electrons. The summed E-state index contributed by atoms with van der Waals surface area (Å²) in [5, 5.41) is 9.26. The van der Waals surface area contributed by atoms with E-state index >= 15 is 0 Å². The first-order chi connectivity index (χ1) is 6.27. The van der Waals surface area contributed by atoms with Crippen molar-refractivity contribution in [3.8, 4) is 0 Å². The molecule has 0 atom stereocenters. The van der Waals surface area contributed by atoms with Crippen molar-refractivity contribution in [3.63, 3.8) is 0 Å². The zero-order valence-corrected chi connectivity index (χ0v) is 8.15. The number of nitrogens with zero attached hydrogens (tertiary/aromatic N) is 1. The van der Waals surface area contributed by atoms with E-state index in [9.17, 15) is 4.79 Å². The minimum Gasteiger partial charge on any atom is -0.310 e. The molecule has 0 saturated heterocycles. The molecule has 1 fully saturated rings. The lowest BCUT2D eigenvalue weighted by molar-refractivity contribution is -0.116. The van der Waals surface area contributed by atoms with Crippen LogP contribution in [0.4, 0.5) is 5.82 Å². The Kier molecular flexibility index (Phi) is 2.03. The van der Waals surface area contributed by atoms with E-state index < -0.39 is 0 Å². The van der Waals surface area contributed by atoms with E-state index in [2.05, 4.69) is 15.5 Å². The number of aromatic amines is 1. The van der Waals surface area contributed by atoms with Crippen LogP contribution >= 0.6 is 11.8 Å². The number of thioether (sulfide) groups is 1. The molecule has 1 aliphatic rings. The van der Waals surface area contributed by atoms with Gasteiger partial charge in [0.05, 0.1) is 10.9 Å². The lowest BCUT2D eigenvalue weighted by atomic mass is 10.4. The minimum absolute atomic E-state index is 0.0873. The Bertz CT molecular complexity index is 305. The zero-order valence-electron chi connectivity index (χ0n) is 7.33. The normalized spacial score (nSPS) is 18.2. The summed E-state index contributed by atoms with van der Waals surface area (Å²) in [6.45, 7) is 0. The molecule has 1 aliphatic carbocycles. The Morgan fingerprint density at radius 1 is 1.77 bits per heavy atom. The van der Waals surface area contributed by atoms with Gasteiger partial charge in [-0.2, -0.15) is 5.10 Å². The van der Waals surface area contributed by atoms with Crippen molar-refractivity contribution in [1.29, 1.82) is 0 Å². The largest absolute Gasteiger partial charge is 0.310 e. The van der Waals surface area contributed by atoms with Crippen LogP contribution in [-0.2, 0) is 4.79 Å². The number of rotatable bonds is 3. The quantitative estimate of drug-likeness (QED) is 0.766. The average molecular weight is 197 g/mol. The summed E-state index contributed by atoms with van der Waals surface area (Å²) in [4.78, 5) is 11.6. The van der Waals surface area contributed by atoms with Gasteiger partial charge in [0, 0.05) is 6.07 Å². The molecular formula is C8H11N3OS. The highest BCUT2D eigenvalue weighted by Gasteiger charge is 2.49. The number of hydrogen-bond donors (Lipinski definition) is 2. The van der Waals surface area contributed by atoms with E-state index in [-0.39, 0.29) is 10.7 Å². The molecular weight excluding hydrogens is 186 g/mol. The van der Waals surface area contributed by atoms with E-state index in [1.165, 1.54) is 0 Å². The molecule has 0 bridgehead atoms. The Labute approximate surface area is 80.5 Å². The predicted molar refractivity (Wildman–Crippen MR) is 52.7 cm³/mol. The number of carbonyl (C=O) groups excluding carboxylic acids is 1. The van der Waals surface area contributed by atoms with E-state index in [0.29, 0.717) is 5.82 Å². The maximum atomic E-state index is 11.6. The van der Waals surface area contributed by atoms with Crippen molar-refractivity contribution in [2.75, 3.05) is 11.6 Å². The third kappa shape index (κ3) is 1.56. The summed E-state index contributed by atoms with van der Waals surface area (Å²) in [6.07, 6.45) is 5.55. The molecule has 4 nitrogen and oxygen atoms in total.